The van der Waals surface area contributed by atoms with E-state index >= 15 is 0 Å². The molecule has 0 radical (unpaired) electrons. The van der Waals surface area contributed by atoms with Crippen LogP contribution in [0.5, 0.6) is 0 Å². The van der Waals surface area contributed by atoms with Gasteiger partial charge in [-0.2, -0.15) is 0 Å². The summed E-state index contributed by atoms with van der Waals surface area (Å²) in [5, 5.41) is 0.785. The third kappa shape index (κ3) is 2.79. The molecule has 1 aromatic rings. The summed E-state index contributed by atoms with van der Waals surface area (Å²) < 4.78 is 5.09. The molecule has 0 aliphatic carbocycles. The van der Waals surface area contributed by atoms with Crippen LogP contribution in [-0.4, -0.2) is 23.2 Å². The van der Waals surface area contributed by atoms with Crippen molar-refractivity contribution >= 4 is 23.2 Å². The van der Waals surface area contributed by atoms with Crippen LogP contribution in [0.15, 0.2) is 6.33 Å². The third-order valence-corrected chi connectivity index (χ3v) is 2.39. The first-order valence-electron chi connectivity index (χ1n) is 3.82. The van der Waals surface area contributed by atoms with E-state index in [-0.39, 0.29) is 6.10 Å². The lowest BCUT2D eigenvalue weighted by molar-refractivity contribution is 0.118. The highest BCUT2D eigenvalue weighted by Gasteiger charge is 2.11. The molecular weight excluding hydrogens is 211 g/mol. The van der Waals surface area contributed by atoms with Crippen LogP contribution in [0, 0.1) is 0 Å². The van der Waals surface area contributed by atoms with Crippen molar-refractivity contribution in [3.63, 3.8) is 0 Å². The Hall–Kier alpha value is -0.380. The first-order chi connectivity index (χ1) is 6.15. The highest BCUT2D eigenvalue weighted by molar-refractivity contribution is 6.34. The summed E-state index contributed by atoms with van der Waals surface area (Å²) in [4.78, 5) is 7.68. The van der Waals surface area contributed by atoms with Gasteiger partial charge in [-0.25, -0.2) is 9.97 Å². The maximum Gasteiger partial charge on any atom is 0.137 e. The van der Waals surface area contributed by atoms with E-state index in [1.807, 2.05) is 6.92 Å². The largest absolute Gasteiger partial charge is 0.381 e. The van der Waals surface area contributed by atoms with Crippen LogP contribution in [0.1, 0.15) is 12.5 Å². The second-order valence-corrected chi connectivity index (χ2v) is 3.40. The van der Waals surface area contributed by atoms with Crippen molar-refractivity contribution in [1.82, 2.24) is 9.97 Å². The van der Waals surface area contributed by atoms with Gasteiger partial charge >= 0.3 is 0 Å². The molecule has 0 saturated carbocycles. The van der Waals surface area contributed by atoms with Crippen LogP contribution >= 0.6 is 23.2 Å². The Labute approximate surface area is 87.1 Å². The first-order valence-corrected chi connectivity index (χ1v) is 4.58. The maximum atomic E-state index is 5.84. The summed E-state index contributed by atoms with van der Waals surface area (Å²) in [6.45, 7) is 1.93. The quantitative estimate of drug-likeness (QED) is 0.735. The molecule has 0 saturated heterocycles. The van der Waals surface area contributed by atoms with E-state index in [2.05, 4.69) is 9.97 Å². The van der Waals surface area contributed by atoms with E-state index in [0.717, 1.165) is 5.56 Å². The fraction of sp³-hybridized carbons (Fsp3) is 0.500. The third-order valence-electron chi connectivity index (χ3n) is 1.73. The van der Waals surface area contributed by atoms with E-state index in [0.29, 0.717) is 16.7 Å². The standard InChI is InChI=1S/C8H10Cl2N2O/c1-5(13-2)3-6-7(9)11-4-12-8(6)10/h4-5H,3H2,1-2H3. The number of hydrogen-bond donors (Lipinski definition) is 0. The maximum absolute atomic E-state index is 5.84. The van der Waals surface area contributed by atoms with E-state index in [1.54, 1.807) is 7.11 Å². The number of rotatable bonds is 3. The van der Waals surface area contributed by atoms with Gasteiger partial charge < -0.3 is 4.74 Å². The fourth-order valence-electron chi connectivity index (χ4n) is 0.910. The molecule has 0 amide bonds. The summed E-state index contributed by atoms with van der Waals surface area (Å²) >= 11 is 11.7. The molecule has 1 unspecified atom stereocenters. The minimum absolute atomic E-state index is 0.0565. The molecule has 0 aliphatic rings. The number of ether oxygens (including phenoxy) is 1. The Bertz CT molecular complexity index is 273. The molecule has 0 bridgehead atoms. The molecule has 5 heteroatoms. The summed E-state index contributed by atoms with van der Waals surface area (Å²) in [5.41, 5.74) is 0.736. The monoisotopic (exact) mass is 220 g/mol. The number of aromatic nitrogens is 2. The van der Waals surface area contributed by atoms with Gasteiger partial charge in [0.25, 0.3) is 0 Å². The molecule has 1 aromatic heterocycles. The smallest absolute Gasteiger partial charge is 0.137 e. The molecule has 3 nitrogen and oxygen atoms in total. The highest BCUT2D eigenvalue weighted by Crippen LogP contribution is 2.21. The van der Waals surface area contributed by atoms with Crippen molar-refractivity contribution < 1.29 is 4.74 Å². The van der Waals surface area contributed by atoms with Gasteiger partial charge in [-0.15, -0.1) is 0 Å². The van der Waals surface area contributed by atoms with Crippen molar-refractivity contribution in [2.45, 2.75) is 19.4 Å². The molecule has 0 spiro atoms. The van der Waals surface area contributed by atoms with Crippen LogP contribution in [0.25, 0.3) is 0 Å². The van der Waals surface area contributed by atoms with Crippen LogP contribution in [0.3, 0.4) is 0 Å². The minimum Gasteiger partial charge on any atom is -0.381 e. The second kappa shape index (κ2) is 4.74. The summed E-state index contributed by atoms with van der Waals surface area (Å²) in [5.74, 6) is 0. The predicted molar refractivity (Wildman–Crippen MR) is 52.2 cm³/mol. The van der Waals surface area contributed by atoms with Crippen molar-refractivity contribution in [1.29, 1.82) is 0 Å². The molecular formula is C8H10Cl2N2O. The molecule has 1 atom stereocenters. The lowest BCUT2D eigenvalue weighted by Gasteiger charge is -2.10. The normalized spacial score (nSPS) is 12.9. The molecule has 1 heterocycles. The average molecular weight is 221 g/mol. The Morgan fingerprint density at radius 3 is 2.38 bits per heavy atom. The van der Waals surface area contributed by atoms with Gasteiger partial charge in [-0.3, -0.25) is 0 Å². The Morgan fingerprint density at radius 1 is 1.38 bits per heavy atom. The Balaban J connectivity index is 2.87. The lowest BCUT2D eigenvalue weighted by atomic mass is 10.2. The molecule has 0 aliphatic heterocycles. The van der Waals surface area contributed by atoms with Crippen molar-refractivity contribution in [2.75, 3.05) is 7.11 Å². The van der Waals surface area contributed by atoms with Crippen molar-refractivity contribution in [3.05, 3.63) is 22.2 Å². The van der Waals surface area contributed by atoms with Crippen LogP contribution in [-0.2, 0) is 11.2 Å². The van der Waals surface area contributed by atoms with Gasteiger partial charge in [0.1, 0.15) is 16.6 Å². The van der Waals surface area contributed by atoms with Gasteiger partial charge in [0.15, 0.2) is 0 Å². The van der Waals surface area contributed by atoms with Crippen LogP contribution in [0.2, 0.25) is 10.3 Å². The molecule has 0 N–H and O–H groups in total. The van der Waals surface area contributed by atoms with E-state index < -0.39 is 0 Å². The van der Waals surface area contributed by atoms with Gasteiger partial charge in [-0.1, -0.05) is 23.2 Å². The average Bonchev–Trinajstić information content (AvgIpc) is 2.11. The zero-order valence-corrected chi connectivity index (χ0v) is 8.93. The molecule has 72 valence electrons. The first kappa shape index (κ1) is 10.7. The van der Waals surface area contributed by atoms with Crippen LogP contribution < -0.4 is 0 Å². The topological polar surface area (TPSA) is 35.0 Å². The number of methoxy groups -OCH3 is 1. The Kier molecular flexibility index (Phi) is 3.90. The van der Waals surface area contributed by atoms with Gasteiger partial charge in [0, 0.05) is 19.1 Å². The zero-order chi connectivity index (χ0) is 9.84. The highest BCUT2D eigenvalue weighted by atomic mass is 35.5. The van der Waals surface area contributed by atoms with Gasteiger partial charge in [-0.05, 0) is 6.92 Å². The summed E-state index contributed by atoms with van der Waals surface area (Å²) in [6.07, 6.45) is 2.02. The lowest BCUT2D eigenvalue weighted by Crippen LogP contribution is -2.10. The molecule has 1 rings (SSSR count). The predicted octanol–water partition coefficient (Wildman–Crippen LogP) is 2.36. The molecule has 0 fully saturated rings. The SMILES string of the molecule is COC(C)Cc1c(Cl)ncnc1Cl. The summed E-state index contributed by atoms with van der Waals surface area (Å²) in [7, 11) is 1.64. The molecule has 0 aromatic carbocycles. The number of halogens is 2. The van der Waals surface area contributed by atoms with E-state index in [1.165, 1.54) is 6.33 Å². The fourth-order valence-corrected chi connectivity index (χ4v) is 1.38. The number of hydrogen-bond acceptors (Lipinski definition) is 3. The van der Waals surface area contributed by atoms with E-state index in [4.69, 9.17) is 27.9 Å². The second-order valence-electron chi connectivity index (χ2n) is 2.68. The zero-order valence-electron chi connectivity index (χ0n) is 7.42. The minimum atomic E-state index is 0.0565. The summed E-state index contributed by atoms with van der Waals surface area (Å²) in [6, 6.07) is 0. The van der Waals surface area contributed by atoms with Crippen molar-refractivity contribution in [2.24, 2.45) is 0 Å². The number of nitrogens with zero attached hydrogens (tertiary/aromatic N) is 2. The van der Waals surface area contributed by atoms with Crippen LogP contribution in [0.4, 0.5) is 0 Å². The van der Waals surface area contributed by atoms with E-state index in [9.17, 15) is 0 Å². The van der Waals surface area contributed by atoms with Crippen molar-refractivity contribution in [3.8, 4) is 0 Å². The molecule has 13 heavy (non-hydrogen) atoms. The Morgan fingerprint density at radius 2 is 1.92 bits per heavy atom. The van der Waals surface area contributed by atoms with Gasteiger partial charge in [0.05, 0.1) is 6.10 Å². The van der Waals surface area contributed by atoms with Gasteiger partial charge in [0.2, 0.25) is 0 Å².